The fraction of sp³-hybridized carbons (Fsp3) is 0.667. The summed E-state index contributed by atoms with van der Waals surface area (Å²) in [5.74, 6) is 0. The molecule has 0 N–H and O–H groups in total. The predicted octanol–water partition coefficient (Wildman–Crippen LogP) is 5.81. The van der Waals surface area contributed by atoms with E-state index in [-0.39, 0.29) is 25.8 Å². The molecule has 0 aromatic rings. The molecule has 0 aromatic heterocycles. The van der Waals surface area contributed by atoms with Crippen LogP contribution in [0.15, 0.2) is 33.7 Å². The maximum atomic E-state index is 3.57. The van der Waals surface area contributed by atoms with E-state index in [1.165, 1.54) is 63.0 Å². The summed E-state index contributed by atoms with van der Waals surface area (Å²) in [6.45, 7) is 19.7. The Balaban J connectivity index is 0.000000200. The molecule has 0 spiro atoms. The van der Waals surface area contributed by atoms with Crippen LogP contribution >= 0.6 is 0 Å². The second-order valence-corrected chi connectivity index (χ2v) is 18.3. The molecule has 2 fully saturated rings. The van der Waals surface area contributed by atoms with Gasteiger partial charge in [0.05, 0.1) is 0 Å². The van der Waals surface area contributed by atoms with Gasteiger partial charge in [-0.2, -0.15) is 12.2 Å². The normalized spacial score (nSPS) is 23.1. The summed E-state index contributed by atoms with van der Waals surface area (Å²) >= 11 is 0. The van der Waals surface area contributed by atoms with E-state index in [2.05, 4.69) is 73.5 Å². The Morgan fingerprint density at radius 3 is 1.21 bits per heavy atom. The second-order valence-electron chi connectivity index (χ2n) is 9.79. The van der Waals surface area contributed by atoms with E-state index in [0.717, 1.165) is 12.8 Å². The number of allylic oxidation sites excluding steroid dienone is 8. The standard InChI is InChI=1S/2C12H20NSi.Hf/c2*1-11-7-6-8-12(11)14(2,3)13-9-4-5-10-13;/h2*7H,4-6,9-10H2,1-3H3;/q2*-1;. The minimum Gasteiger partial charge on any atom is -0.322 e. The molecule has 0 bridgehead atoms. The van der Waals surface area contributed by atoms with Crippen LogP contribution in [0.5, 0.6) is 0 Å². The summed E-state index contributed by atoms with van der Waals surface area (Å²) < 4.78 is 5.47. The Morgan fingerprint density at radius 2 is 0.966 bits per heavy atom. The van der Waals surface area contributed by atoms with Gasteiger partial charge in [0.15, 0.2) is 0 Å². The van der Waals surface area contributed by atoms with Gasteiger partial charge in [-0.25, -0.2) is 21.5 Å². The largest absolute Gasteiger partial charge is 0.322 e. The average Bonchev–Trinajstić information content (AvgIpc) is 3.42. The van der Waals surface area contributed by atoms with Crippen LogP contribution in [0.1, 0.15) is 52.4 Å². The molecule has 0 amide bonds. The predicted molar refractivity (Wildman–Crippen MR) is 127 cm³/mol. The fourth-order valence-corrected chi connectivity index (χ4v) is 12.1. The number of hydrogen-bond acceptors (Lipinski definition) is 2. The van der Waals surface area contributed by atoms with Crippen LogP contribution in [-0.4, -0.2) is 51.8 Å². The number of rotatable bonds is 4. The Hall–Kier alpha value is 0.184. The zero-order chi connectivity index (χ0) is 20.4. The first-order chi connectivity index (χ1) is 13.2. The van der Waals surface area contributed by atoms with Gasteiger partial charge in [-0.05, 0) is 51.9 Å². The molecule has 160 valence electrons. The molecular formula is C24H40HfN2Si2-2. The van der Waals surface area contributed by atoms with Crippen LogP contribution in [0.25, 0.3) is 0 Å². The minimum absolute atomic E-state index is 0. The molecule has 0 radical (unpaired) electrons. The summed E-state index contributed by atoms with van der Waals surface area (Å²) in [5.41, 5.74) is 2.99. The third-order valence-electron chi connectivity index (χ3n) is 7.18. The Morgan fingerprint density at radius 1 is 0.655 bits per heavy atom. The zero-order valence-electron chi connectivity index (χ0n) is 19.6. The van der Waals surface area contributed by atoms with Crippen molar-refractivity contribution in [1.29, 1.82) is 0 Å². The molecule has 4 aliphatic rings. The van der Waals surface area contributed by atoms with Crippen LogP contribution in [0.4, 0.5) is 0 Å². The molecule has 2 aliphatic heterocycles. The first-order valence-electron chi connectivity index (χ1n) is 11.3. The molecule has 2 nitrogen and oxygen atoms in total. The zero-order valence-corrected chi connectivity index (χ0v) is 25.2. The smallest absolute Gasteiger partial charge is 0.118 e. The molecule has 2 saturated heterocycles. The third-order valence-corrected chi connectivity index (χ3v) is 14.8. The van der Waals surface area contributed by atoms with Crippen molar-refractivity contribution in [2.75, 3.05) is 26.2 Å². The molecular weight excluding hydrogens is 551 g/mol. The van der Waals surface area contributed by atoms with Crippen molar-refractivity contribution < 1.29 is 25.8 Å². The van der Waals surface area contributed by atoms with Crippen molar-refractivity contribution in [2.24, 2.45) is 0 Å². The first-order valence-corrected chi connectivity index (χ1v) is 17.2. The van der Waals surface area contributed by atoms with E-state index in [9.17, 15) is 0 Å². The van der Waals surface area contributed by atoms with Gasteiger partial charge in [-0.15, -0.1) is 26.7 Å². The average molecular weight is 591 g/mol. The van der Waals surface area contributed by atoms with E-state index in [1.54, 1.807) is 10.4 Å². The summed E-state index contributed by atoms with van der Waals surface area (Å²) in [5, 5.41) is 3.14. The molecule has 29 heavy (non-hydrogen) atoms. The molecule has 0 saturated carbocycles. The van der Waals surface area contributed by atoms with Crippen LogP contribution in [0.3, 0.4) is 0 Å². The van der Waals surface area contributed by atoms with Gasteiger partial charge in [0, 0.05) is 25.8 Å². The van der Waals surface area contributed by atoms with Gasteiger partial charge >= 0.3 is 0 Å². The maximum Gasteiger partial charge on any atom is 0.118 e. The summed E-state index contributed by atoms with van der Waals surface area (Å²) in [4.78, 5) is 0. The monoisotopic (exact) mass is 592 g/mol. The molecule has 4 rings (SSSR count). The number of hydrogen-bond donors (Lipinski definition) is 0. The van der Waals surface area contributed by atoms with Crippen molar-refractivity contribution in [3.63, 3.8) is 0 Å². The van der Waals surface area contributed by atoms with Crippen molar-refractivity contribution in [3.8, 4) is 0 Å². The van der Waals surface area contributed by atoms with Crippen molar-refractivity contribution in [3.05, 3.63) is 45.8 Å². The van der Waals surface area contributed by atoms with E-state index >= 15 is 0 Å². The van der Waals surface area contributed by atoms with Gasteiger partial charge in [0.1, 0.15) is 16.5 Å². The van der Waals surface area contributed by atoms with E-state index in [1.807, 2.05) is 0 Å². The van der Waals surface area contributed by atoms with E-state index in [0.29, 0.717) is 0 Å². The molecule has 2 aliphatic carbocycles. The summed E-state index contributed by atoms with van der Waals surface area (Å²) in [6.07, 6.45) is 19.4. The molecule has 2 heterocycles. The van der Waals surface area contributed by atoms with Crippen LogP contribution in [0.2, 0.25) is 26.2 Å². The second kappa shape index (κ2) is 10.7. The van der Waals surface area contributed by atoms with Crippen molar-refractivity contribution in [2.45, 2.75) is 78.6 Å². The molecule has 5 heteroatoms. The van der Waals surface area contributed by atoms with Gasteiger partial charge in [0.2, 0.25) is 0 Å². The Kier molecular flexibility index (Phi) is 9.36. The molecule has 0 atom stereocenters. The molecule has 0 aromatic carbocycles. The summed E-state index contributed by atoms with van der Waals surface area (Å²) in [6, 6.07) is 0. The Bertz CT molecular complexity index is 632. The van der Waals surface area contributed by atoms with Gasteiger partial charge in [-0.1, -0.05) is 26.2 Å². The minimum atomic E-state index is -1.33. The van der Waals surface area contributed by atoms with Gasteiger partial charge < -0.3 is 9.13 Å². The van der Waals surface area contributed by atoms with E-state index < -0.39 is 16.5 Å². The Labute approximate surface area is 201 Å². The van der Waals surface area contributed by atoms with Crippen molar-refractivity contribution in [1.82, 2.24) is 9.13 Å². The van der Waals surface area contributed by atoms with Crippen molar-refractivity contribution >= 4 is 16.5 Å². The van der Waals surface area contributed by atoms with E-state index in [4.69, 9.17) is 0 Å². The SMILES string of the molecule is CC1=CC[C-]=C1[Si](C)(C)N1CCCC1.CC1=CC[C-]=C1[Si](C)(C)N1CCCC1.[Hf]. The third kappa shape index (κ3) is 5.71. The topological polar surface area (TPSA) is 6.48 Å². The maximum absolute atomic E-state index is 3.57. The molecule has 0 unspecified atom stereocenters. The van der Waals surface area contributed by atoms with Crippen LogP contribution in [-0.2, 0) is 25.8 Å². The van der Waals surface area contributed by atoms with Crippen LogP contribution in [0, 0.1) is 12.2 Å². The van der Waals surface area contributed by atoms with Gasteiger partial charge in [0.25, 0.3) is 0 Å². The first kappa shape index (κ1) is 25.4. The summed E-state index contributed by atoms with van der Waals surface area (Å²) in [7, 11) is -2.66. The fourth-order valence-electron chi connectivity index (χ4n) is 5.36. The van der Waals surface area contributed by atoms with Crippen LogP contribution < -0.4 is 0 Å². The quantitative estimate of drug-likeness (QED) is 0.301. The van der Waals surface area contributed by atoms with Gasteiger partial charge in [-0.3, -0.25) is 12.2 Å². The number of nitrogens with zero attached hydrogens (tertiary/aromatic N) is 2.